The molecule has 1 aromatic carbocycles. The summed E-state index contributed by atoms with van der Waals surface area (Å²) in [6.07, 6.45) is 3.38. The molecule has 0 saturated carbocycles. The topological polar surface area (TPSA) is 55.8 Å². The van der Waals surface area contributed by atoms with Gasteiger partial charge >= 0.3 is 0 Å². The molecule has 0 radical (unpaired) electrons. The molecular weight excluding hydrogens is 412 g/mol. The smallest absolute Gasteiger partial charge is 0.246 e. The molecule has 1 aromatic heterocycles. The summed E-state index contributed by atoms with van der Waals surface area (Å²) in [6, 6.07) is 9.57. The van der Waals surface area contributed by atoms with Crippen LogP contribution in [0, 0.1) is 6.92 Å². The van der Waals surface area contributed by atoms with Crippen LogP contribution < -0.4 is 9.80 Å². The molecule has 4 rings (SSSR count). The number of carbonyl (C=O) groups excluding carboxylic acids is 1. The number of aromatic nitrogens is 2. The van der Waals surface area contributed by atoms with E-state index in [1.54, 1.807) is 12.2 Å². The number of likely N-dealkylation sites (N-methyl/N-ethyl adjacent to an activating group) is 1. The zero-order valence-electron chi connectivity index (χ0n) is 18.2. The number of nitrogens with zero attached hydrogens (tertiary/aromatic N) is 6. The minimum atomic E-state index is 0.00264. The van der Waals surface area contributed by atoms with Gasteiger partial charge in [0.1, 0.15) is 5.82 Å². The van der Waals surface area contributed by atoms with Crippen molar-refractivity contribution in [1.29, 1.82) is 0 Å². The lowest BCUT2D eigenvalue weighted by molar-refractivity contribution is -0.126. The number of carbonyl (C=O) groups is 1. The Balaban J connectivity index is 1.37. The Morgan fingerprint density at radius 3 is 2.35 bits per heavy atom. The Morgan fingerprint density at radius 2 is 1.65 bits per heavy atom. The third kappa shape index (κ3) is 5.35. The van der Waals surface area contributed by atoms with Gasteiger partial charge in [-0.05, 0) is 31.7 Å². The number of amides is 1. The van der Waals surface area contributed by atoms with Crippen LogP contribution in [0.25, 0.3) is 6.08 Å². The number of benzene rings is 1. The first-order chi connectivity index (χ1) is 15.0. The summed E-state index contributed by atoms with van der Waals surface area (Å²) in [4.78, 5) is 30.8. The van der Waals surface area contributed by atoms with Crippen molar-refractivity contribution in [2.75, 3.05) is 69.2 Å². The highest BCUT2D eigenvalue weighted by Crippen LogP contribution is 2.20. The van der Waals surface area contributed by atoms with Crippen molar-refractivity contribution < 1.29 is 4.79 Å². The monoisotopic (exact) mass is 440 g/mol. The quantitative estimate of drug-likeness (QED) is 0.681. The van der Waals surface area contributed by atoms with Crippen molar-refractivity contribution >= 4 is 35.4 Å². The Kier molecular flexibility index (Phi) is 6.73. The van der Waals surface area contributed by atoms with Crippen LogP contribution in [0.1, 0.15) is 11.3 Å². The van der Waals surface area contributed by atoms with Crippen molar-refractivity contribution in [3.8, 4) is 0 Å². The molecule has 31 heavy (non-hydrogen) atoms. The van der Waals surface area contributed by atoms with E-state index >= 15 is 0 Å². The van der Waals surface area contributed by atoms with Crippen LogP contribution >= 0.6 is 11.6 Å². The Bertz CT molecular complexity index is 949. The lowest BCUT2D eigenvalue weighted by atomic mass is 10.2. The third-order valence-corrected chi connectivity index (χ3v) is 6.19. The van der Waals surface area contributed by atoms with Crippen LogP contribution in [0.15, 0.2) is 36.4 Å². The maximum absolute atomic E-state index is 12.6. The first kappa shape index (κ1) is 21.6. The van der Waals surface area contributed by atoms with Gasteiger partial charge in [0.25, 0.3) is 0 Å². The van der Waals surface area contributed by atoms with Crippen molar-refractivity contribution in [3.05, 3.63) is 52.7 Å². The molecule has 0 aliphatic carbocycles. The van der Waals surface area contributed by atoms with Crippen molar-refractivity contribution in [2.45, 2.75) is 6.92 Å². The molecule has 2 saturated heterocycles. The normalized spacial score (nSPS) is 18.1. The van der Waals surface area contributed by atoms with Gasteiger partial charge in [-0.25, -0.2) is 4.98 Å². The van der Waals surface area contributed by atoms with Crippen LogP contribution in [-0.2, 0) is 4.79 Å². The summed E-state index contributed by atoms with van der Waals surface area (Å²) in [5.41, 5.74) is 1.82. The average Bonchev–Trinajstić information content (AvgIpc) is 2.78. The summed E-state index contributed by atoms with van der Waals surface area (Å²) >= 11 is 6.17. The fourth-order valence-corrected chi connectivity index (χ4v) is 4.08. The van der Waals surface area contributed by atoms with Gasteiger partial charge in [0, 0.05) is 75.2 Å². The molecule has 3 heterocycles. The summed E-state index contributed by atoms with van der Waals surface area (Å²) in [7, 11) is 2.15. The number of hydrogen-bond donors (Lipinski definition) is 0. The number of hydrogen-bond acceptors (Lipinski definition) is 6. The number of aryl methyl sites for hydroxylation is 1. The molecule has 7 nitrogen and oxygen atoms in total. The van der Waals surface area contributed by atoms with E-state index in [2.05, 4.69) is 32.8 Å². The number of halogens is 1. The first-order valence-corrected chi connectivity index (χ1v) is 11.1. The highest BCUT2D eigenvalue weighted by atomic mass is 35.5. The highest BCUT2D eigenvalue weighted by molar-refractivity contribution is 6.32. The standard InChI is InChI=1S/C23H29ClN6O/c1-18-17-21(28-11-9-27(2)10-12-28)26-23(25-18)30-15-13-29(14-16-30)22(31)8-7-19-5-3-4-6-20(19)24/h3-8,17H,9-16H2,1-2H3/b8-7+. The summed E-state index contributed by atoms with van der Waals surface area (Å²) in [6.45, 7) is 8.79. The lowest BCUT2D eigenvalue weighted by Gasteiger charge is -2.36. The zero-order valence-corrected chi connectivity index (χ0v) is 18.9. The van der Waals surface area contributed by atoms with Crippen LogP contribution in [0.5, 0.6) is 0 Å². The molecule has 1 amide bonds. The lowest BCUT2D eigenvalue weighted by Crippen LogP contribution is -2.49. The molecule has 2 fully saturated rings. The van der Waals surface area contributed by atoms with Gasteiger partial charge in [0.05, 0.1) is 0 Å². The van der Waals surface area contributed by atoms with Crippen LogP contribution in [-0.4, -0.2) is 85.1 Å². The molecular formula is C23H29ClN6O. The highest BCUT2D eigenvalue weighted by Gasteiger charge is 2.23. The second kappa shape index (κ2) is 9.66. The van der Waals surface area contributed by atoms with Crippen molar-refractivity contribution in [2.24, 2.45) is 0 Å². The van der Waals surface area contributed by atoms with E-state index in [1.165, 1.54) is 0 Å². The van der Waals surface area contributed by atoms with Gasteiger partial charge in [0.2, 0.25) is 11.9 Å². The van der Waals surface area contributed by atoms with Crippen molar-refractivity contribution in [1.82, 2.24) is 19.8 Å². The second-order valence-electron chi connectivity index (χ2n) is 8.13. The largest absolute Gasteiger partial charge is 0.354 e. The van der Waals surface area contributed by atoms with E-state index in [4.69, 9.17) is 16.6 Å². The Labute approximate surface area is 188 Å². The fraction of sp³-hybridized carbons (Fsp3) is 0.435. The van der Waals surface area contributed by atoms with Gasteiger partial charge in [-0.15, -0.1) is 0 Å². The van der Waals surface area contributed by atoms with E-state index in [9.17, 15) is 4.79 Å². The molecule has 0 spiro atoms. The van der Waals surface area contributed by atoms with Gasteiger partial charge < -0.3 is 19.6 Å². The van der Waals surface area contributed by atoms with E-state index in [1.807, 2.05) is 36.1 Å². The molecule has 164 valence electrons. The predicted octanol–water partition coefficient (Wildman–Crippen LogP) is 2.55. The molecule has 0 bridgehead atoms. The van der Waals surface area contributed by atoms with Gasteiger partial charge in [0.15, 0.2) is 0 Å². The molecule has 0 unspecified atom stereocenters. The third-order valence-electron chi connectivity index (χ3n) is 5.84. The maximum Gasteiger partial charge on any atom is 0.246 e. The van der Waals surface area contributed by atoms with E-state index in [0.29, 0.717) is 18.1 Å². The first-order valence-electron chi connectivity index (χ1n) is 10.8. The maximum atomic E-state index is 12.6. The molecule has 2 aliphatic rings. The Morgan fingerprint density at radius 1 is 0.968 bits per heavy atom. The molecule has 2 aliphatic heterocycles. The van der Waals surface area contributed by atoms with Crippen molar-refractivity contribution in [3.63, 3.8) is 0 Å². The predicted molar refractivity (Wildman–Crippen MR) is 126 cm³/mol. The number of anilines is 2. The molecule has 0 N–H and O–H groups in total. The summed E-state index contributed by atoms with van der Waals surface area (Å²) in [5, 5.41) is 0.643. The SMILES string of the molecule is Cc1cc(N2CCN(C)CC2)nc(N2CCN(C(=O)/C=C/c3ccccc3Cl)CC2)n1. The second-order valence-corrected chi connectivity index (χ2v) is 8.53. The fourth-order valence-electron chi connectivity index (χ4n) is 3.88. The minimum Gasteiger partial charge on any atom is -0.354 e. The summed E-state index contributed by atoms with van der Waals surface area (Å²) in [5.74, 6) is 1.76. The molecule has 0 atom stereocenters. The van der Waals surface area contributed by atoms with Gasteiger partial charge in [-0.3, -0.25) is 4.79 Å². The number of piperazine rings is 2. The molecule has 8 heteroatoms. The average molecular weight is 441 g/mol. The van der Waals surface area contributed by atoms with Crippen LogP contribution in [0.3, 0.4) is 0 Å². The zero-order chi connectivity index (χ0) is 21.8. The number of rotatable bonds is 4. The Hall–Kier alpha value is -2.64. The molecule has 2 aromatic rings. The minimum absolute atomic E-state index is 0.00264. The summed E-state index contributed by atoms with van der Waals surface area (Å²) < 4.78 is 0. The van der Waals surface area contributed by atoms with Crippen LogP contribution in [0.2, 0.25) is 5.02 Å². The van der Waals surface area contributed by atoms with E-state index < -0.39 is 0 Å². The van der Waals surface area contributed by atoms with E-state index in [0.717, 1.165) is 62.3 Å². The van der Waals surface area contributed by atoms with E-state index in [-0.39, 0.29) is 5.91 Å². The van der Waals surface area contributed by atoms with Gasteiger partial charge in [-0.2, -0.15) is 4.98 Å². The van der Waals surface area contributed by atoms with Crippen LogP contribution in [0.4, 0.5) is 11.8 Å². The van der Waals surface area contributed by atoms with Gasteiger partial charge in [-0.1, -0.05) is 29.8 Å².